The summed E-state index contributed by atoms with van der Waals surface area (Å²) >= 11 is 1.51. The summed E-state index contributed by atoms with van der Waals surface area (Å²) in [6.07, 6.45) is 4.47. The van der Waals surface area contributed by atoms with E-state index in [1.54, 1.807) is 0 Å². The van der Waals surface area contributed by atoms with E-state index in [4.69, 9.17) is 11.5 Å². The summed E-state index contributed by atoms with van der Waals surface area (Å²) in [4.78, 5) is 0. The van der Waals surface area contributed by atoms with Crippen molar-refractivity contribution in [3.05, 3.63) is 5.01 Å². The molecule has 1 aliphatic rings. The van der Waals surface area contributed by atoms with Gasteiger partial charge in [0.15, 0.2) is 0 Å². The number of hydrogen-bond donors (Lipinski definition) is 2. The van der Waals surface area contributed by atoms with Gasteiger partial charge in [0, 0.05) is 12.0 Å². The third-order valence-electron chi connectivity index (χ3n) is 2.58. The maximum atomic E-state index is 5.82. The zero-order valence-electron chi connectivity index (χ0n) is 7.44. The second-order valence-electron chi connectivity index (χ2n) is 3.59. The summed E-state index contributed by atoms with van der Waals surface area (Å²) in [6.45, 7) is 0. The number of rotatable bonds is 1. The van der Waals surface area contributed by atoms with Crippen LogP contribution in [0, 0.1) is 0 Å². The van der Waals surface area contributed by atoms with E-state index in [1.165, 1.54) is 11.3 Å². The summed E-state index contributed by atoms with van der Waals surface area (Å²) in [6, 6.07) is 0.390. The second kappa shape index (κ2) is 3.59. The fourth-order valence-electron chi connectivity index (χ4n) is 1.78. The number of nitrogens with zero attached hydrogens (tertiary/aromatic N) is 2. The Hall–Kier alpha value is -0.680. The second-order valence-corrected chi connectivity index (χ2v) is 4.63. The summed E-state index contributed by atoms with van der Waals surface area (Å²) in [7, 11) is 0. The standard InChI is InChI=1S/C8H14N4S/c9-6-3-1-5(2-4-6)7-11-12-8(10)13-7/h5-6H,1-4,9H2,(H2,10,12). The van der Waals surface area contributed by atoms with Crippen LogP contribution in [0.5, 0.6) is 0 Å². The Kier molecular flexibility index (Phi) is 2.46. The molecule has 72 valence electrons. The Balaban J connectivity index is 2.02. The predicted octanol–water partition coefficient (Wildman–Crippen LogP) is 1.11. The quantitative estimate of drug-likeness (QED) is 0.708. The van der Waals surface area contributed by atoms with Crippen LogP contribution in [0.2, 0.25) is 0 Å². The Labute approximate surface area is 81.3 Å². The van der Waals surface area contributed by atoms with Crippen molar-refractivity contribution < 1.29 is 0 Å². The van der Waals surface area contributed by atoms with E-state index in [-0.39, 0.29) is 0 Å². The molecule has 5 heteroatoms. The molecule has 0 bridgehead atoms. The average molecular weight is 198 g/mol. The van der Waals surface area contributed by atoms with Crippen molar-refractivity contribution in [2.24, 2.45) is 5.73 Å². The van der Waals surface area contributed by atoms with Gasteiger partial charge in [-0.05, 0) is 25.7 Å². The van der Waals surface area contributed by atoms with Crippen LogP contribution in [-0.2, 0) is 0 Å². The molecule has 1 fully saturated rings. The van der Waals surface area contributed by atoms with Gasteiger partial charge in [-0.2, -0.15) is 0 Å². The molecule has 1 aromatic heterocycles. The van der Waals surface area contributed by atoms with E-state index in [2.05, 4.69) is 10.2 Å². The molecule has 0 atom stereocenters. The molecular formula is C8H14N4S. The lowest BCUT2D eigenvalue weighted by Gasteiger charge is -2.23. The fraction of sp³-hybridized carbons (Fsp3) is 0.750. The van der Waals surface area contributed by atoms with E-state index in [9.17, 15) is 0 Å². The minimum Gasteiger partial charge on any atom is -0.374 e. The van der Waals surface area contributed by atoms with Crippen LogP contribution in [0.3, 0.4) is 0 Å². The van der Waals surface area contributed by atoms with Gasteiger partial charge in [-0.3, -0.25) is 0 Å². The molecule has 2 rings (SSSR count). The van der Waals surface area contributed by atoms with Crippen LogP contribution in [0.15, 0.2) is 0 Å². The van der Waals surface area contributed by atoms with Gasteiger partial charge in [-0.25, -0.2) is 0 Å². The fourth-order valence-corrected chi connectivity index (χ4v) is 2.56. The smallest absolute Gasteiger partial charge is 0.203 e. The Morgan fingerprint density at radius 3 is 2.38 bits per heavy atom. The molecule has 0 spiro atoms. The van der Waals surface area contributed by atoms with Crippen molar-refractivity contribution in [3.8, 4) is 0 Å². The van der Waals surface area contributed by atoms with Crippen molar-refractivity contribution in [2.45, 2.75) is 37.6 Å². The van der Waals surface area contributed by atoms with Crippen molar-refractivity contribution in [2.75, 3.05) is 5.73 Å². The summed E-state index contributed by atoms with van der Waals surface area (Å²) in [5, 5.41) is 9.55. The first-order valence-corrected chi connectivity index (χ1v) is 5.42. The Morgan fingerprint density at radius 2 is 1.85 bits per heavy atom. The molecule has 0 aliphatic heterocycles. The van der Waals surface area contributed by atoms with Crippen molar-refractivity contribution in [3.63, 3.8) is 0 Å². The maximum Gasteiger partial charge on any atom is 0.203 e. The molecule has 13 heavy (non-hydrogen) atoms. The first kappa shape index (κ1) is 8.90. The SMILES string of the molecule is Nc1nnc(C2CCC(N)CC2)s1. The zero-order chi connectivity index (χ0) is 9.26. The molecule has 0 aromatic carbocycles. The molecule has 1 heterocycles. The number of nitrogens with two attached hydrogens (primary N) is 2. The van der Waals surface area contributed by atoms with Crippen LogP contribution < -0.4 is 11.5 Å². The monoisotopic (exact) mass is 198 g/mol. The lowest BCUT2D eigenvalue weighted by atomic mass is 9.87. The minimum absolute atomic E-state index is 0.390. The van der Waals surface area contributed by atoms with E-state index in [0.717, 1.165) is 30.7 Å². The third kappa shape index (κ3) is 1.97. The van der Waals surface area contributed by atoms with Gasteiger partial charge in [0.2, 0.25) is 5.13 Å². The number of aromatic nitrogens is 2. The number of hydrogen-bond acceptors (Lipinski definition) is 5. The van der Waals surface area contributed by atoms with Gasteiger partial charge >= 0.3 is 0 Å². The molecule has 1 aliphatic carbocycles. The highest BCUT2D eigenvalue weighted by molar-refractivity contribution is 7.15. The topological polar surface area (TPSA) is 77.8 Å². The molecule has 0 saturated heterocycles. The van der Waals surface area contributed by atoms with Crippen molar-refractivity contribution in [1.29, 1.82) is 0 Å². The summed E-state index contributed by atoms with van der Waals surface area (Å²) in [5.74, 6) is 0.551. The lowest BCUT2D eigenvalue weighted by molar-refractivity contribution is 0.393. The first-order chi connectivity index (χ1) is 6.25. The number of anilines is 1. The molecule has 0 unspecified atom stereocenters. The molecule has 0 radical (unpaired) electrons. The van der Waals surface area contributed by atoms with Crippen LogP contribution >= 0.6 is 11.3 Å². The highest BCUT2D eigenvalue weighted by Crippen LogP contribution is 2.33. The van der Waals surface area contributed by atoms with Gasteiger partial charge < -0.3 is 11.5 Å². The molecule has 1 saturated carbocycles. The van der Waals surface area contributed by atoms with E-state index < -0.39 is 0 Å². The molecular weight excluding hydrogens is 184 g/mol. The van der Waals surface area contributed by atoms with Gasteiger partial charge in [-0.1, -0.05) is 11.3 Å². The van der Waals surface area contributed by atoms with Gasteiger partial charge in [0.25, 0.3) is 0 Å². The van der Waals surface area contributed by atoms with Crippen LogP contribution in [0.25, 0.3) is 0 Å². The van der Waals surface area contributed by atoms with Crippen molar-refractivity contribution >= 4 is 16.5 Å². The summed E-state index contributed by atoms with van der Waals surface area (Å²) in [5.41, 5.74) is 11.4. The van der Waals surface area contributed by atoms with E-state index in [0.29, 0.717) is 17.1 Å². The largest absolute Gasteiger partial charge is 0.374 e. The normalized spacial score (nSPS) is 29.0. The van der Waals surface area contributed by atoms with Crippen molar-refractivity contribution in [1.82, 2.24) is 10.2 Å². The van der Waals surface area contributed by atoms with Gasteiger partial charge in [0.1, 0.15) is 5.01 Å². The third-order valence-corrected chi connectivity index (χ3v) is 3.49. The highest BCUT2D eigenvalue weighted by atomic mass is 32.1. The van der Waals surface area contributed by atoms with Gasteiger partial charge in [-0.15, -0.1) is 10.2 Å². The Bertz CT molecular complexity index is 277. The molecule has 4 nitrogen and oxygen atoms in total. The van der Waals surface area contributed by atoms with Crippen LogP contribution in [-0.4, -0.2) is 16.2 Å². The highest BCUT2D eigenvalue weighted by Gasteiger charge is 2.22. The average Bonchev–Trinajstić information content (AvgIpc) is 2.53. The van der Waals surface area contributed by atoms with Crippen LogP contribution in [0.4, 0.5) is 5.13 Å². The first-order valence-electron chi connectivity index (χ1n) is 4.60. The maximum absolute atomic E-state index is 5.82. The zero-order valence-corrected chi connectivity index (χ0v) is 8.26. The van der Waals surface area contributed by atoms with E-state index in [1.807, 2.05) is 0 Å². The van der Waals surface area contributed by atoms with Crippen LogP contribution in [0.1, 0.15) is 36.6 Å². The van der Waals surface area contributed by atoms with Gasteiger partial charge in [0.05, 0.1) is 0 Å². The molecule has 1 aromatic rings. The molecule has 0 amide bonds. The summed E-state index contributed by atoms with van der Waals surface area (Å²) < 4.78 is 0. The van der Waals surface area contributed by atoms with E-state index >= 15 is 0 Å². The predicted molar refractivity (Wildman–Crippen MR) is 53.5 cm³/mol. The minimum atomic E-state index is 0.390. The molecule has 4 N–H and O–H groups in total. The Morgan fingerprint density at radius 1 is 1.15 bits per heavy atom. The lowest BCUT2D eigenvalue weighted by Crippen LogP contribution is -2.25. The number of nitrogen functional groups attached to an aromatic ring is 1.